The van der Waals surface area contributed by atoms with Crippen molar-refractivity contribution < 1.29 is 19.0 Å². The van der Waals surface area contributed by atoms with Gasteiger partial charge in [-0.3, -0.25) is 4.79 Å². The predicted molar refractivity (Wildman–Crippen MR) is 63.0 cm³/mol. The second kappa shape index (κ2) is 5.66. The Hall–Kier alpha value is -1.58. The lowest BCUT2D eigenvalue weighted by Crippen LogP contribution is -2.01. The number of aliphatic carboxylic acids is 1. The van der Waals surface area contributed by atoms with Crippen molar-refractivity contribution in [2.45, 2.75) is 33.1 Å². The third-order valence-electron chi connectivity index (χ3n) is 2.86. The maximum Gasteiger partial charge on any atom is 0.303 e. The van der Waals surface area contributed by atoms with E-state index in [2.05, 4.69) is 0 Å². The standard InChI is InChI=1S/C13H17FO3/c1-8-10(5-4-6-12(15)16)7-11(14)9(2)13(8)17-3/h7H,4-6H2,1-3H3,(H,15,16). The van der Waals surface area contributed by atoms with Gasteiger partial charge in [-0.05, 0) is 43.9 Å². The van der Waals surface area contributed by atoms with Gasteiger partial charge in [0.1, 0.15) is 11.6 Å². The van der Waals surface area contributed by atoms with Gasteiger partial charge in [-0.15, -0.1) is 0 Å². The Labute approximate surface area is 100 Å². The molecule has 0 amide bonds. The van der Waals surface area contributed by atoms with Crippen LogP contribution in [0.15, 0.2) is 6.07 Å². The van der Waals surface area contributed by atoms with E-state index >= 15 is 0 Å². The highest BCUT2D eigenvalue weighted by atomic mass is 19.1. The predicted octanol–water partition coefficient (Wildman–Crippen LogP) is 2.86. The fourth-order valence-corrected chi connectivity index (χ4v) is 1.90. The van der Waals surface area contributed by atoms with Crippen LogP contribution in [-0.2, 0) is 11.2 Å². The average molecular weight is 240 g/mol. The number of benzene rings is 1. The van der Waals surface area contributed by atoms with Crippen LogP contribution in [0.4, 0.5) is 4.39 Å². The minimum absolute atomic E-state index is 0.0945. The fourth-order valence-electron chi connectivity index (χ4n) is 1.90. The van der Waals surface area contributed by atoms with Gasteiger partial charge in [-0.2, -0.15) is 0 Å². The number of methoxy groups -OCH3 is 1. The summed E-state index contributed by atoms with van der Waals surface area (Å²) in [4.78, 5) is 10.4. The molecule has 0 spiro atoms. The number of hydrogen-bond donors (Lipinski definition) is 1. The first-order valence-corrected chi connectivity index (χ1v) is 5.51. The number of carboxylic acid groups (broad SMARTS) is 1. The van der Waals surface area contributed by atoms with Crippen molar-refractivity contribution in [2.24, 2.45) is 0 Å². The van der Waals surface area contributed by atoms with Crippen LogP contribution in [0.3, 0.4) is 0 Å². The minimum Gasteiger partial charge on any atom is -0.496 e. The highest BCUT2D eigenvalue weighted by Crippen LogP contribution is 2.29. The van der Waals surface area contributed by atoms with Gasteiger partial charge in [0.05, 0.1) is 7.11 Å². The van der Waals surface area contributed by atoms with E-state index in [0.717, 1.165) is 11.1 Å². The molecule has 0 heterocycles. The van der Waals surface area contributed by atoms with E-state index in [9.17, 15) is 9.18 Å². The van der Waals surface area contributed by atoms with Gasteiger partial charge in [-0.1, -0.05) is 0 Å². The number of rotatable bonds is 5. The van der Waals surface area contributed by atoms with E-state index < -0.39 is 5.97 Å². The number of hydrogen-bond acceptors (Lipinski definition) is 2. The van der Waals surface area contributed by atoms with Crippen LogP contribution in [0.1, 0.15) is 29.5 Å². The van der Waals surface area contributed by atoms with Gasteiger partial charge >= 0.3 is 5.97 Å². The van der Waals surface area contributed by atoms with Crippen molar-refractivity contribution in [3.8, 4) is 5.75 Å². The van der Waals surface area contributed by atoms with E-state index in [4.69, 9.17) is 9.84 Å². The van der Waals surface area contributed by atoms with Gasteiger partial charge in [0.2, 0.25) is 0 Å². The number of carboxylic acids is 1. The van der Waals surface area contributed by atoms with Crippen molar-refractivity contribution in [1.29, 1.82) is 0 Å². The van der Waals surface area contributed by atoms with E-state index in [1.165, 1.54) is 13.2 Å². The summed E-state index contributed by atoms with van der Waals surface area (Å²) < 4.78 is 18.8. The van der Waals surface area contributed by atoms with Crippen molar-refractivity contribution in [2.75, 3.05) is 7.11 Å². The van der Waals surface area contributed by atoms with Crippen LogP contribution in [0.5, 0.6) is 5.75 Å². The van der Waals surface area contributed by atoms with Gasteiger partial charge in [-0.25, -0.2) is 4.39 Å². The summed E-state index contributed by atoms with van der Waals surface area (Å²) in [5.41, 5.74) is 2.19. The van der Waals surface area contributed by atoms with Gasteiger partial charge < -0.3 is 9.84 Å². The zero-order valence-electron chi connectivity index (χ0n) is 10.3. The van der Waals surface area contributed by atoms with Crippen LogP contribution >= 0.6 is 0 Å². The van der Waals surface area contributed by atoms with Crippen molar-refractivity contribution in [3.63, 3.8) is 0 Å². The molecular formula is C13H17FO3. The van der Waals surface area contributed by atoms with Gasteiger partial charge in [0, 0.05) is 12.0 Å². The summed E-state index contributed by atoms with van der Waals surface area (Å²) >= 11 is 0. The molecule has 1 aromatic carbocycles. The lowest BCUT2D eigenvalue weighted by atomic mass is 9.99. The molecule has 0 unspecified atom stereocenters. The van der Waals surface area contributed by atoms with Crippen LogP contribution in [0, 0.1) is 19.7 Å². The Morgan fingerprint density at radius 2 is 2.06 bits per heavy atom. The van der Waals surface area contributed by atoms with E-state index in [0.29, 0.717) is 24.2 Å². The minimum atomic E-state index is -0.831. The molecule has 0 aromatic heterocycles. The third kappa shape index (κ3) is 3.19. The first-order chi connectivity index (χ1) is 7.97. The molecule has 4 heteroatoms. The zero-order valence-corrected chi connectivity index (χ0v) is 10.3. The number of aryl methyl sites for hydroxylation is 1. The van der Waals surface area contributed by atoms with Crippen molar-refractivity contribution >= 4 is 5.97 Å². The third-order valence-corrected chi connectivity index (χ3v) is 2.86. The second-order valence-corrected chi connectivity index (χ2v) is 4.05. The maximum atomic E-state index is 13.6. The van der Waals surface area contributed by atoms with Crippen LogP contribution < -0.4 is 4.74 Å². The molecule has 1 rings (SSSR count). The van der Waals surface area contributed by atoms with Crippen LogP contribution in [0.2, 0.25) is 0 Å². The zero-order chi connectivity index (χ0) is 13.0. The maximum absolute atomic E-state index is 13.6. The molecule has 0 saturated carbocycles. The topological polar surface area (TPSA) is 46.5 Å². The van der Waals surface area contributed by atoms with Crippen LogP contribution in [-0.4, -0.2) is 18.2 Å². The first kappa shape index (κ1) is 13.5. The Kier molecular flexibility index (Phi) is 4.49. The summed E-state index contributed by atoms with van der Waals surface area (Å²) in [5, 5.41) is 8.56. The Morgan fingerprint density at radius 1 is 1.41 bits per heavy atom. The molecule has 0 radical (unpaired) electrons. The van der Waals surface area contributed by atoms with E-state index in [1.807, 2.05) is 6.92 Å². The quantitative estimate of drug-likeness (QED) is 0.860. The van der Waals surface area contributed by atoms with Crippen molar-refractivity contribution in [1.82, 2.24) is 0 Å². The number of carbonyl (C=O) groups is 1. The summed E-state index contributed by atoms with van der Waals surface area (Å²) in [7, 11) is 1.51. The fraction of sp³-hybridized carbons (Fsp3) is 0.462. The van der Waals surface area contributed by atoms with Crippen molar-refractivity contribution in [3.05, 3.63) is 28.6 Å². The van der Waals surface area contributed by atoms with E-state index in [-0.39, 0.29) is 12.2 Å². The second-order valence-electron chi connectivity index (χ2n) is 4.05. The number of ether oxygens (including phenoxy) is 1. The Balaban J connectivity index is 2.93. The van der Waals surface area contributed by atoms with Crippen LogP contribution in [0.25, 0.3) is 0 Å². The van der Waals surface area contributed by atoms with Gasteiger partial charge in [0.25, 0.3) is 0 Å². The molecular weight excluding hydrogens is 223 g/mol. The summed E-state index contributed by atoms with van der Waals surface area (Å²) in [6, 6.07) is 1.47. The molecule has 0 atom stereocenters. The molecule has 3 nitrogen and oxygen atoms in total. The number of halogens is 1. The summed E-state index contributed by atoms with van der Waals surface area (Å²) in [6.07, 6.45) is 1.14. The largest absolute Gasteiger partial charge is 0.496 e. The highest BCUT2D eigenvalue weighted by Gasteiger charge is 2.13. The molecule has 0 fully saturated rings. The molecule has 0 bridgehead atoms. The molecule has 17 heavy (non-hydrogen) atoms. The van der Waals surface area contributed by atoms with E-state index in [1.54, 1.807) is 6.92 Å². The highest BCUT2D eigenvalue weighted by molar-refractivity contribution is 5.66. The Morgan fingerprint density at radius 3 is 2.59 bits per heavy atom. The normalized spacial score (nSPS) is 10.4. The van der Waals surface area contributed by atoms with Gasteiger partial charge in [0.15, 0.2) is 0 Å². The molecule has 0 saturated heterocycles. The SMILES string of the molecule is COc1c(C)c(F)cc(CCCC(=O)O)c1C. The summed E-state index contributed by atoms with van der Waals surface area (Å²) in [6.45, 7) is 3.53. The lowest BCUT2D eigenvalue weighted by molar-refractivity contribution is -0.137. The summed E-state index contributed by atoms with van der Waals surface area (Å²) in [5.74, 6) is -0.588. The molecule has 0 aliphatic rings. The first-order valence-electron chi connectivity index (χ1n) is 5.51. The molecule has 0 aliphatic carbocycles. The molecule has 0 aliphatic heterocycles. The average Bonchev–Trinajstić information content (AvgIpc) is 2.26. The lowest BCUT2D eigenvalue weighted by Gasteiger charge is -2.13. The molecule has 94 valence electrons. The Bertz CT molecular complexity index is 427. The molecule has 1 aromatic rings. The molecule has 1 N–H and O–H groups in total. The smallest absolute Gasteiger partial charge is 0.303 e. The monoisotopic (exact) mass is 240 g/mol.